The first kappa shape index (κ1) is 9.30. The number of aryl methyl sites for hydroxylation is 1. The lowest BCUT2D eigenvalue weighted by molar-refractivity contribution is 0.0587. The minimum absolute atomic E-state index is 0.346. The maximum atomic E-state index is 11.1. The summed E-state index contributed by atoms with van der Waals surface area (Å²) in [5, 5.41) is 3.87. The lowest BCUT2D eigenvalue weighted by atomic mass is 10.4. The molecular formula is C6H8IN3O2. The van der Waals surface area contributed by atoms with Crippen molar-refractivity contribution in [3.63, 3.8) is 0 Å². The van der Waals surface area contributed by atoms with Crippen LogP contribution in [0.5, 0.6) is 0 Å². The summed E-state index contributed by atoms with van der Waals surface area (Å²) in [6.45, 7) is 0. The van der Waals surface area contributed by atoms with Crippen LogP contribution in [0.4, 0.5) is 5.82 Å². The first-order valence-electron chi connectivity index (χ1n) is 3.14. The number of halogens is 1. The van der Waals surface area contributed by atoms with Crippen molar-refractivity contribution in [2.45, 2.75) is 0 Å². The molecule has 0 bridgehead atoms. The summed E-state index contributed by atoms with van der Waals surface area (Å²) in [6, 6.07) is 0. The lowest BCUT2D eigenvalue weighted by Crippen LogP contribution is -2.09. The third kappa shape index (κ3) is 1.38. The lowest BCUT2D eigenvalue weighted by Gasteiger charge is -1.98. The van der Waals surface area contributed by atoms with E-state index in [1.165, 1.54) is 11.8 Å². The maximum Gasteiger partial charge on any atom is 0.357 e. The number of nitrogen functional groups attached to an aromatic ring is 1. The molecule has 0 unspecified atom stereocenters. The molecular weight excluding hydrogens is 273 g/mol. The number of methoxy groups -OCH3 is 1. The molecule has 0 atom stereocenters. The zero-order valence-electron chi connectivity index (χ0n) is 6.67. The zero-order valence-corrected chi connectivity index (χ0v) is 8.82. The van der Waals surface area contributed by atoms with Gasteiger partial charge in [0.2, 0.25) is 0 Å². The fraction of sp³-hybridized carbons (Fsp3) is 0.333. The molecule has 0 aromatic carbocycles. The third-order valence-electron chi connectivity index (χ3n) is 1.39. The van der Waals surface area contributed by atoms with Gasteiger partial charge in [0.25, 0.3) is 0 Å². The van der Waals surface area contributed by atoms with Crippen molar-refractivity contribution in [2.75, 3.05) is 12.8 Å². The largest absolute Gasteiger partial charge is 0.464 e. The Morgan fingerprint density at radius 1 is 1.75 bits per heavy atom. The Morgan fingerprint density at radius 3 is 2.67 bits per heavy atom. The van der Waals surface area contributed by atoms with Gasteiger partial charge in [0, 0.05) is 7.05 Å². The summed E-state index contributed by atoms with van der Waals surface area (Å²) in [4.78, 5) is 11.1. The average Bonchev–Trinajstić information content (AvgIpc) is 2.26. The molecule has 0 saturated carbocycles. The van der Waals surface area contributed by atoms with Gasteiger partial charge < -0.3 is 10.5 Å². The predicted octanol–water partition coefficient (Wildman–Crippen LogP) is 0.394. The van der Waals surface area contributed by atoms with E-state index in [4.69, 9.17) is 5.73 Å². The van der Waals surface area contributed by atoms with Crippen LogP contribution in [0.3, 0.4) is 0 Å². The van der Waals surface area contributed by atoms with Crippen molar-refractivity contribution in [3.05, 3.63) is 9.26 Å². The summed E-state index contributed by atoms with van der Waals surface area (Å²) < 4.78 is 6.58. The molecule has 2 N–H and O–H groups in total. The molecule has 1 aromatic heterocycles. The third-order valence-corrected chi connectivity index (χ3v) is 2.46. The summed E-state index contributed by atoms with van der Waals surface area (Å²) in [5.74, 6) is -0.0791. The number of carbonyl (C=O) groups is 1. The molecule has 0 amide bonds. The van der Waals surface area contributed by atoms with Gasteiger partial charge >= 0.3 is 5.97 Å². The van der Waals surface area contributed by atoms with Gasteiger partial charge in [-0.1, -0.05) is 0 Å². The van der Waals surface area contributed by atoms with E-state index in [0.717, 1.165) is 0 Å². The van der Waals surface area contributed by atoms with Crippen molar-refractivity contribution < 1.29 is 9.53 Å². The normalized spacial score (nSPS) is 9.92. The molecule has 1 rings (SSSR count). The van der Waals surface area contributed by atoms with E-state index < -0.39 is 5.97 Å². The van der Waals surface area contributed by atoms with E-state index in [0.29, 0.717) is 15.1 Å². The highest BCUT2D eigenvalue weighted by Gasteiger charge is 2.18. The second-order valence-corrected chi connectivity index (χ2v) is 3.24. The van der Waals surface area contributed by atoms with Gasteiger partial charge in [-0.05, 0) is 22.6 Å². The van der Waals surface area contributed by atoms with Crippen molar-refractivity contribution >= 4 is 34.4 Å². The van der Waals surface area contributed by atoms with E-state index in [1.807, 2.05) is 22.6 Å². The molecule has 0 aliphatic carbocycles. The Hall–Kier alpha value is -0.790. The monoisotopic (exact) mass is 281 g/mol. The van der Waals surface area contributed by atoms with Gasteiger partial charge in [-0.3, -0.25) is 4.68 Å². The Bertz CT molecular complexity index is 321. The molecule has 6 heteroatoms. The van der Waals surface area contributed by atoms with E-state index >= 15 is 0 Å². The van der Waals surface area contributed by atoms with Gasteiger partial charge in [-0.2, -0.15) is 5.10 Å². The summed E-state index contributed by atoms with van der Waals surface area (Å²) in [6.07, 6.45) is 0. The number of aromatic nitrogens is 2. The summed E-state index contributed by atoms with van der Waals surface area (Å²) in [5.41, 5.74) is 5.87. The molecule has 0 spiro atoms. The fourth-order valence-corrected chi connectivity index (χ4v) is 1.51. The van der Waals surface area contributed by atoms with E-state index in [1.54, 1.807) is 7.05 Å². The molecule has 0 fully saturated rings. The van der Waals surface area contributed by atoms with Crippen LogP contribution in [0.25, 0.3) is 0 Å². The minimum Gasteiger partial charge on any atom is -0.464 e. The van der Waals surface area contributed by atoms with Gasteiger partial charge in [-0.25, -0.2) is 4.79 Å². The molecule has 0 radical (unpaired) electrons. The highest BCUT2D eigenvalue weighted by Crippen LogP contribution is 2.18. The number of hydrogen-bond donors (Lipinski definition) is 1. The van der Waals surface area contributed by atoms with Gasteiger partial charge in [0.1, 0.15) is 0 Å². The highest BCUT2D eigenvalue weighted by molar-refractivity contribution is 14.1. The number of nitrogens with zero attached hydrogens (tertiary/aromatic N) is 2. The molecule has 0 aliphatic rings. The van der Waals surface area contributed by atoms with E-state index in [-0.39, 0.29) is 0 Å². The van der Waals surface area contributed by atoms with Crippen LogP contribution in [0.1, 0.15) is 10.5 Å². The number of hydrogen-bond acceptors (Lipinski definition) is 4. The maximum absolute atomic E-state index is 11.1. The molecule has 1 aromatic rings. The zero-order chi connectivity index (χ0) is 9.30. The summed E-state index contributed by atoms with van der Waals surface area (Å²) >= 11 is 1.96. The summed E-state index contributed by atoms with van der Waals surface area (Å²) in [7, 11) is 2.96. The number of anilines is 1. The smallest absolute Gasteiger partial charge is 0.357 e. The van der Waals surface area contributed by atoms with Crippen LogP contribution < -0.4 is 5.73 Å². The van der Waals surface area contributed by atoms with Gasteiger partial charge in [-0.15, -0.1) is 0 Å². The molecule has 0 aliphatic heterocycles. The van der Waals surface area contributed by atoms with Crippen LogP contribution >= 0.6 is 22.6 Å². The first-order chi connectivity index (χ1) is 5.57. The van der Waals surface area contributed by atoms with Crippen molar-refractivity contribution in [2.24, 2.45) is 7.05 Å². The Labute approximate surface area is 83.0 Å². The number of carbonyl (C=O) groups excluding carboxylic acids is 1. The minimum atomic E-state index is -0.425. The molecule has 1 heterocycles. The fourth-order valence-electron chi connectivity index (χ4n) is 0.837. The van der Waals surface area contributed by atoms with Crippen molar-refractivity contribution in [3.8, 4) is 0 Å². The van der Waals surface area contributed by atoms with Crippen molar-refractivity contribution in [1.29, 1.82) is 0 Å². The molecule has 12 heavy (non-hydrogen) atoms. The molecule has 5 nitrogen and oxygen atoms in total. The second-order valence-electron chi connectivity index (χ2n) is 2.16. The number of nitrogens with two attached hydrogens (primary N) is 1. The Morgan fingerprint density at radius 2 is 2.33 bits per heavy atom. The topological polar surface area (TPSA) is 70.1 Å². The van der Waals surface area contributed by atoms with Gasteiger partial charge in [0.05, 0.1) is 10.7 Å². The Balaban J connectivity index is 3.22. The Kier molecular flexibility index (Phi) is 2.55. The second kappa shape index (κ2) is 3.30. The predicted molar refractivity (Wildman–Crippen MR) is 51.7 cm³/mol. The average molecular weight is 281 g/mol. The van der Waals surface area contributed by atoms with Crippen LogP contribution in [0, 0.1) is 3.57 Å². The quantitative estimate of drug-likeness (QED) is 0.597. The number of rotatable bonds is 1. The van der Waals surface area contributed by atoms with E-state index in [2.05, 4.69) is 9.84 Å². The highest BCUT2D eigenvalue weighted by atomic mass is 127. The van der Waals surface area contributed by atoms with Crippen LogP contribution in [0.15, 0.2) is 0 Å². The van der Waals surface area contributed by atoms with Crippen LogP contribution in [-0.4, -0.2) is 22.9 Å². The first-order valence-corrected chi connectivity index (χ1v) is 4.22. The van der Waals surface area contributed by atoms with Crippen molar-refractivity contribution in [1.82, 2.24) is 9.78 Å². The van der Waals surface area contributed by atoms with Crippen LogP contribution in [-0.2, 0) is 11.8 Å². The molecule has 66 valence electrons. The number of ether oxygens (including phenoxy) is 1. The molecule has 0 saturated heterocycles. The standard InChI is InChI=1S/C6H8IN3O2/c1-10-4(6(11)12-2)3(7)5(8)9-10/h1-2H3,(H2,8,9). The SMILES string of the molecule is COC(=O)c1c(I)c(N)nn1C. The van der Waals surface area contributed by atoms with E-state index in [9.17, 15) is 4.79 Å². The van der Waals surface area contributed by atoms with Gasteiger partial charge in [0.15, 0.2) is 11.5 Å². The van der Waals surface area contributed by atoms with Crippen LogP contribution in [0.2, 0.25) is 0 Å². The number of esters is 1.